The van der Waals surface area contributed by atoms with Crippen molar-refractivity contribution in [2.24, 2.45) is 5.73 Å². The summed E-state index contributed by atoms with van der Waals surface area (Å²) in [6.45, 7) is 9.24. The molecule has 0 bridgehead atoms. The summed E-state index contributed by atoms with van der Waals surface area (Å²) in [5, 5.41) is 9.93. The van der Waals surface area contributed by atoms with Crippen LogP contribution >= 0.6 is 11.6 Å². The van der Waals surface area contributed by atoms with Crippen molar-refractivity contribution < 1.29 is 5.11 Å². The van der Waals surface area contributed by atoms with Gasteiger partial charge in [-0.3, -0.25) is 4.90 Å². The van der Waals surface area contributed by atoms with Crippen LogP contribution < -0.4 is 5.73 Å². The Morgan fingerprint density at radius 1 is 1.45 bits per heavy atom. The normalized spacial score (nSPS) is 22.9. The minimum absolute atomic E-state index is 0.120. The summed E-state index contributed by atoms with van der Waals surface area (Å²) < 4.78 is 0. The molecule has 0 aliphatic carbocycles. The van der Waals surface area contributed by atoms with Gasteiger partial charge in [0, 0.05) is 38.3 Å². The summed E-state index contributed by atoms with van der Waals surface area (Å²) in [4.78, 5) is 4.90. The predicted octanol–water partition coefficient (Wildman–Crippen LogP) is 2.07. The molecule has 1 fully saturated rings. The van der Waals surface area contributed by atoms with E-state index < -0.39 is 0 Å². The molecule has 2 unspecified atom stereocenters. The van der Waals surface area contributed by atoms with Crippen molar-refractivity contribution in [2.45, 2.75) is 25.9 Å². The Morgan fingerprint density at radius 2 is 2.20 bits per heavy atom. The van der Waals surface area contributed by atoms with E-state index in [9.17, 15) is 5.11 Å². The SMILES string of the molecule is CCN1CCN(C(CN)c2ccc(O)c(Cl)c2)C(C)C1. The molecule has 1 saturated heterocycles. The molecule has 0 aromatic heterocycles. The number of nitrogens with two attached hydrogens (primary N) is 1. The van der Waals surface area contributed by atoms with Crippen molar-refractivity contribution in [1.82, 2.24) is 9.80 Å². The number of halogens is 1. The van der Waals surface area contributed by atoms with Crippen LogP contribution in [0.15, 0.2) is 18.2 Å². The molecule has 1 heterocycles. The zero-order valence-corrected chi connectivity index (χ0v) is 13.0. The monoisotopic (exact) mass is 297 g/mol. The van der Waals surface area contributed by atoms with E-state index >= 15 is 0 Å². The van der Waals surface area contributed by atoms with Crippen molar-refractivity contribution in [3.63, 3.8) is 0 Å². The number of hydrogen-bond acceptors (Lipinski definition) is 4. The molecule has 1 aliphatic rings. The first-order valence-electron chi connectivity index (χ1n) is 7.23. The summed E-state index contributed by atoms with van der Waals surface area (Å²) in [5.74, 6) is 0.120. The van der Waals surface area contributed by atoms with Crippen LogP contribution in [0.3, 0.4) is 0 Å². The molecular weight excluding hydrogens is 274 g/mol. The van der Waals surface area contributed by atoms with Crippen LogP contribution in [0.1, 0.15) is 25.5 Å². The van der Waals surface area contributed by atoms with Gasteiger partial charge in [-0.2, -0.15) is 0 Å². The van der Waals surface area contributed by atoms with Crippen LogP contribution in [-0.4, -0.2) is 53.7 Å². The lowest BCUT2D eigenvalue weighted by molar-refractivity contribution is 0.0536. The molecule has 0 spiro atoms. The Hall–Kier alpha value is -0.810. The number of nitrogens with zero attached hydrogens (tertiary/aromatic N) is 2. The lowest BCUT2D eigenvalue weighted by Crippen LogP contribution is -2.53. The molecular formula is C15H24ClN3O. The Morgan fingerprint density at radius 3 is 2.75 bits per heavy atom. The van der Waals surface area contributed by atoms with Crippen LogP contribution in [0.5, 0.6) is 5.75 Å². The van der Waals surface area contributed by atoms with Gasteiger partial charge in [-0.25, -0.2) is 0 Å². The first kappa shape index (κ1) is 15.6. The maximum absolute atomic E-state index is 9.54. The van der Waals surface area contributed by atoms with Crippen molar-refractivity contribution >= 4 is 11.6 Å². The lowest BCUT2D eigenvalue weighted by atomic mass is 10.0. The fraction of sp³-hybridized carbons (Fsp3) is 0.600. The standard InChI is InChI=1S/C15H24ClN3O/c1-3-18-6-7-19(11(2)10-18)14(9-17)12-4-5-15(20)13(16)8-12/h4-5,8,11,14,20H,3,6-7,9-10,17H2,1-2H3. The van der Waals surface area contributed by atoms with Gasteiger partial charge in [0.2, 0.25) is 0 Å². The van der Waals surface area contributed by atoms with E-state index in [1.165, 1.54) is 0 Å². The van der Waals surface area contributed by atoms with E-state index in [1.54, 1.807) is 6.07 Å². The van der Waals surface area contributed by atoms with Crippen LogP contribution in [0.2, 0.25) is 5.02 Å². The van der Waals surface area contributed by atoms with Gasteiger partial charge >= 0.3 is 0 Å². The third kappa shape index (κ3) is 3.26. The van der Waals surface area contributed by atoms with Gasteiger partial charge in [-0.1, -0.05) is 24.6 Å². The second-order valence-corrected chi connectivity index (χ2v) is 5.85. The number of piperazine rings is 1. The van der Waals surface area contributed by atoms with Gasteiger partial charge in [-0.05, 0) is 31.2 Å². The summed E-state index contributed by atoms with van der Waals surface area (Å²) >= 11 is 6.02. The molecule has 2 rings (SSSR count). The molecule has 3 N–H and O–H groups in total. The minimum Gasteiger partial charge on any atom is -0.506 e. The third-order valence-electron chi connectivity index (χ3n) is 4.19. The molecule has 112 valence electrons. The second-order valence-electron chi connectivity index (χ2n) is 5.44. The number of rotatable bonds is 4. The first-order chi connectivity index (χ1) is 9.56. The molecule has 1 aromatic rings. The Balaban J connectivity index is 2.17. The average molecular weight is 298 g/mol. The zero-order valence-electron chi connectivity index (χ0n) is 12.2. The van der Waals surface area contributed by atoms with Gasteiger partial charge in [0.25, 0.3) is 0 Å². The molecule has 1 aliphatic heterocycles. The van der Waals surface area contributed by atoms with E-state index in [2.05, 4.69) is 23.6 Å². The molecule has 1 aromatic carbocycles. The zero-order chi connectivity index (χ0) is 14.7. The van der Waals surface area contributed by atoms with E-state index in [0.717, 1.165) is 31.7 Å². The maximum atomic E-state index is 9.54. The van der Waals surface area contributed by atoms with Gasteiger partial charge in [0.15, 0.2) is 0 Å². The quantitative estimate of drug-likeness (QED) is 0.893. The number of aromatic hydroxyl groups is 1. The molecule has 5 heteroatoms. The topological polar surface area (TPSA) is 52.7 Å². The number of benzene rings is 1. The maximum Gasteiger partial charge on any atom is 0.134 e. The fourth-order valence-corrected chi connectivity index (χ4v) is 3.18. The highest BCUT2D eigenvalue weighted by atomic mass is 35.5. The summed E-state index contributed by atoms with van der Waals surface area (Å²) in [6, 6.07) is 6.00. The number of hydrogen-bond donors (Lipinski definition) is 2. The van der Waals surface area contributed by atoms with Crippen molar-refractivity contribution in [3.05, 3.63) is 28.8 Å². The van der Waals surface area contributed by atoms with Crippen LogP contribution in [0, 0.1) is 0 Å². The first-order valence-corrected chi connectivity index (χ1v) is 7.61. The van der Waals surface area contributed by atoms with E-state index in [-0.39, 0.29) is 11.8 Å². The highest BCUT2D eigenvalue weighted by molar-refractivity contribution is 6.32. The smallest absolute Gasteiger partial charge is 0.134 e. The van der Waals surface area contributed by atoms with Gasteiger partial charge in [-0.15, -0.1) is 0 Å². The highest BCUT2D eigenvalue weighted by Gasteiger charge is 2.29. The highest BCUT2D eigenvalue weighted by Crippen LogP contribution is 2.30. The third-order valence-corrected chi connectivity index (χ3v) is 4.49. The molecule has 2 atom stereocenters. The van der Waals surface area contributed by atoms with E-state index in [4.69, 9.17) is 17.3 Å². The van der Waals surface area contributed by atoms with Gasteiger partial charge in [0.05, 0.1) is 5.02 Å². The van der Waals surface area contributed by atoms with Crippen molar-refractivity contribution in [1.29, 1.82) is 0 Å². The summed E-state index contributed by atoms with van der Waals surface area (Å²) in [7, 11) is 0. The molecule has 0 saturated carbocycles. The fourth-order valence-electron chi connectivity index (χ4n) is 2.99. The predicted molar refractivity (Wildman–Crippen MR) is 83.2 cm³/mol. The average Bonchev–Trinajstić information content (AvgIpc) is 2.45. The van der Waals surface area contributed by atoms with Gasteiger partial charge < -0.3 is 15.7 Å². The molecule has 20 heavy (non-hydrogen) atoms. The van der Waals surface area contributed by atoms with E-state index in [1.807, 2.05) is 12.1 Å². The lowest BCUT2D eigenvalue weighted by Gasteiger charge is -2.43. The molecule has 4 nitrogen and oxygen atoms in total. The largest absolute Gasteiger partial charge is 0.506 e. The summed E-state index contributed by atoms with van der Waals surface area (Å²) in [5.41, 5.74) is 7.07. The van der Waals surface area contributed by atoms with Crippen LogP contribution in [0.4, 0.5) is 0 Å². The number of likely N-dealkylation sites (N-methyl/N-ethyl adjacent to an activating group) is 1. The van der Waals surface area contributed by atoms with Gasteiger partial charge in [0.1, 0.15) is 5.75 Å². The van der Waals surface area contributed by atoms with Crippen molar-refractivity contribution in [2.75, 3.05) is 32.7 Å². The van der Waals surface area contributed by atoms with E-state index in [0.29, 0.717) is 17.6 Å². The molecule has 0 radical (unpaired) electrons. The Bertz CT molecular complexity index is 455. The molecule has 0 amide bonds. The summed E-state index contributed by atoms with van der Waals surface area (Å²) in [6.07, 6.45) is 0. The van der Waals surface area contributed by atoms with Crippen molar-refractivity contribution in [3.8, 4) is 5.75 Å². The second kappa shape index (κ2) is 6.76. The number of phenolic OH excluding ortho intramolecular Hbond substituents is 1. The van der Waals surface area contributed by atoms with Crippen LogP contribution in [0.25, 0.3) is 0 Å². The Kier molecular flexibility index (Phi) is 5.27. The Labute approximate surface area is 126 Å². The number of phenols is 1. The van der Waals surface area contributed by atoms with Crippen LogP contribution in [-0.2, 0) is 0 Å². The minimum atomic E-state index is 0.120.